The van der Waals surface area contributed by atoms with Gasteiger partial charge in [0.25, 0.3) is 0 Å². The first-order chi connectivity index (χ1) is 7.92. The summed E-state index contributed by atoms with van der Waals surface area (Å²) in [6.45, 7) is 3.40. The van der Waals surface area contributed by atoms with Gasteiger partial charge in [0.1, 0.15) is 5.75 Å². The van der Waals surface area contributed by atoms with E-state index in [1.165, 1.54) is 12.1 Å². The summed E-state index contributed by atoms with van der Waals surface area (Å²) in [5.41, 5.74) is -0.0186. The zero-order chi connectivity index (χ0) is 13.1. The first-order valence-electron chi connectivity index (χ1n) is 5.37. The molecule has 5 heteroatoms. The normalized spacial score (nSPS) is 11.3. The molecule has 1 aromatic rings. The highest BCUT2D eigenvalue weighted by atomic mass is 16.5. The van der Waals surface area contributed by atoms with Gasteiger partial charge in [-0.15, -0.1) is 0 Å². The summed E-state index contributed by atoms with van der Waals surface area (Å²) < 4.78 is 4.81. The van der Waals surface area contributed by atoms with Crippen molar-refractivity contribution in [2.75, 3.05) is 6.61 Å². The smallest absolute Gasteiger partial charge is 0.338 e. The number of rotatable bonds is 4. The molecule has 0 unspecified atom stereocenters. The molecule has 3 N–H and O–H groups in total. The average molecular weight is 240 g/mol. The summed E-state index contributed by atoms with van der Waals surface area (Å²) >= 11 is 0. The lowest BCUT2D eigenvalue weighted by Gasteiger charge is -2.22. The number of aromatic hydroxyl groups is 1. The number of esters is 1. The van der Waals surface area contributed by atoms with Crippen LogP contribution in [0.25, 0.3) is 0 Å². The molecule has 0 atom stereocenters. The van der Waals surface area contributed by atoms with E-state index in [-0.39, 0.29) is 29.9 Å². The van der Waals surface area contributed by atoms with E-state index in [2.05, 4.69) is 0 Å². The molecule has 1 aromatic carbocycles. The van der Waals surface area contributed by atoms with Gasteiger partial charge in [-0.25, -0.2) is 4.79 Å². The Morgan fingerprint density at radius 3 is 2.53 bits per heavy atom. The van der Waals surface area contributed by atoms with E-state index in [1.807, 2.05) is 0 Å². The standard InChI is InChI=1S/C12H16O5/c1-3-12(15,16)10-7-8(13)5-6-9(10)11(14)17-4-2/h5-7,13,15-16H,3-4H2,1-2H3. The summed E-state index contributed by atoms with van der Waals surface area (Å²) in [6.07, 6.45) is -0.0111. The fourth-order valence-corrected chi connectivity index (χ4v) is 1.44. The van der Waals surface area contributed by atoms with Crippen LogP contribution in [-0.4, -0.2) is 27.9 Å². The molecule has 1 rings (SSSR count). The number of carbonyl (C=O) groups excluding carboxylic acids is 1. The van der Waals surface area contributed by atoms with E-state index in [4.69, 9.17) is 4.74 Å². The maximum atomic E-state index is 11.6. The fraction of sp³-hybridized carbons (Fsp3) is 0.417. The number of phenols is 1. The number of hydrogen-bond acceptors (Lipinski definition) is 5. The molecule has 0 saturated carbocycles. The average Bonchev–Trinajstić information content (AvgIpc) is 2.29. The van der Waals surface area contributed by atoms with Crippen LogP contribution in [0.5, 0.6) is 5.75 Å². The third-order valence-electron chi connectivity index (χ3n) is 2.42. The van der Waals surface area contributed by atoms with Crippen molar-refractivity contribution in [2.45, 2.75) is 26.1 Å². The Bertz CT molecular complexity index is 411. The second kappa shape index (κ2) is 5.16. The predicted molar refractivity (Wildman–Crippen MR) is 60.5 cm³/mol. The molecule has 0 heterocycles. The van der Waals surface area contributed by atoms with Crippen molar-refractivity contribution in [3.8, 4) is 5.75 Å². The Hall–Kier alpha value is -1.59. The predicted octanol–water partition coefficient (Wildman–Crippen LogP) is 1.12. The molecular weight excluding hydrogens is 224 g/mol. The van der Waals surface area contributed by atoms with Gasteiger partial charge in [-0.1, -0.05) is 6.92 Å². The first-order valence-corrected chi connectivity index (χ1v) is 5.37. The lowest BCUT2D eigenvalue weighted by molar-refractivity contribution is -0.171. The highest BCUT2D eigenvalue weighted by Gasteiger charge is 2.29. The zero-order valence-corrected chi connectivity index (χ0v) is 9.80. The minimum absolute atomic E-state index is 0.0111. The van der Waals surface area contributed by atoms with Gasteiger partial charge in [0.15, 0.2) is 5.79 Å². The molecule has 0 aliphatic heterocycles. The Kier molecular flexibility index (Phi) is 4.09. The Labute approximate surface area is 99.3 Å². The maximum absolute atomic E-state index is 11.6. The third-order valence-corrected chi connectivity index (χ3v) is 2.42. The third kappa shape index (κ3) is 2.95. The molecule has 94 valence electrons. The summed E-state index contributed by atoms with van der Waals surface area (Å²) in [5, 5.41) is 28.8. The van der Waals surface area contributed by atoms with E-state index in [9.17, 15) is 20.1 Å². The van der Waals surface area contributed by atoms with Crippen molar-refractivity contribution in [3.63, 3.8) is 0 Å². The molecule has 0 fully saturated rings. The van der Waals surface area contributed by atoms with Crippen LogP contribution in [0.3, 0.4) is 0 Å². The van der Waals surface area contributed by atoms with Gasteiger partial charge in [-0.3, -0.25) is 0 Å². The molecule has 0 radical (unpaired) electrons. The highest BCUT2D eigenvalue weighted by molar-refractivity contribution is 5.91. The second-order valence-electron chi connectivity index (χ2n) is 3.62. The van der Waals surface area contributed by atoms with Gasteiger partial charge in [0.2, 0.25) is 0 Å². The topological polar surface area (TPSA) is 87.0 Å². The van der Waals surface area contributed by atoms with Crippen molar-refractivity contribution in [1.82, 2.24) is 0 Å². The minimum Gasteiger partial charge on any atom is -0.508 e. The van der Waals surface area contributed by atoms with Crippen LogP contribution in [0.2, 0.25) is 0 Å². The molecule has 0 bridgehead atoms. The molecule has 0 aliphatic rings. The molecular formula is C12H16O5. The zero-order valence-electron chi connectivity index (χ0n) is 9.80. The summed E-state index contributed by atoms with van der Waals surface area (Å²) in [4.78, 5) is 11.6. The van der Waals surface area contributed by atoms with E-state index in [1.54, 1.807) is 13.8 Å². The van der Waals surface area contributed by atoms with Crippen LogP contribution in [0.15, 0.2) is 18.2 Å². The van der Waals surface area contributed by atoms with Crippen molar-refractivity contribution < 1.29 is 24.9 Å². The lowest BCUT2D eigenvalue weighted by atomic mass is 9.97. The number of hydrogen-bond donors (Lipinski definition) is 3. The number of aliphatic hydroxyl groups is 2. The van der Waals surface area contributed by atoms with Gasteiger partial charge in [0.05, 0.1) is 12.2 Å². The van der Waals surface area contributed by atoms with Crippen LogP contribution in [0.1, 0.15) is 36.2 Å². The molecule has 0 amide bonds. The van der Waals surface area contributed by atoms with Gasteiger partial charge in [-0.05, 0) is 25.1 Å². The van der Waals surface area contributed by atoms with Crippen molar-refractivity contribution >= 4 is 5.97 Å². The molecule has 0 aliphatic carbocycles. The van der Waals surface area contributed by atoms with Gasteiger partial charge in [-0.2, -0.15) is 0 Å². The van der Waals surface area contributed by atoms with Crippen molar-refractivity contribution in [3.05, 3.63) is 29.3 Å². The first kappa shape index (κ1) is 13.5. The monoisotopic (exact) mass is 240 g/mol. The highest BCUT2D eigenvalue weighted by Crippen LogP contribution is 2.28. The van der Waals surface area contributed by atoms with Crippen LogP contribution in [0, 0.1) is 0 Å². The minimum atomic E-state index is -2.17. The number of ether oxygens (including phenoxy) is 1. The molecule has 0 spiro atoms. The van der Waals surface area contributed by atoms with E-state index in [0.717, 1.165) is 6.07 Å². The van der Waals surface area contributed by atoms with Gasteiger partial charge >= 0.3 is 5.97 Å². The molecule has 0 saturated heterocycles. The van der Waals surface area contributed by atoms with Crippen molar-refractivity contribution in [2.24, 2.45) is 0 Å². The number of benzene rings is 1. The Morgan fingerprint density at radius 2 is 2.00 bits per heavy atom. The quantitative estimate of drug-likeness (QED) is 0.542. The van der Waals surface area contributed by atoms with Crippen LogP contribution >= 0.6 is 0 Å². The Balaban J connectivity index is 3.26. The van der Waals surface area contributed by atoms with E-state index in [0.29, 0.717) is 0 Å². The SMILES string of the molecule is CCOC(=O)c1ccc(O)cc1C(O)(O)CC. The van der Waals surface area contributed by atoms with Crippen LogP contribution < -0.4 is 0 Å². The summed E-state index contributed by atoms with van der Waals surface area (Å²) in [5.74, 6) is -2.96. The Morgan fingerprint density at radius 1 is 1.35 bits per heavy atom. The summed E-state index contributed by atoms with van der Waals surface area (Å²) in [6, 6.07) is 3.75. The van der Waals surface area contributed by atoms with E-state index >= 15 is 0 Å². The fourth-order valence-electron chi connectivity index (χ4n) is 1.44. The largest absolute Gasteiger partial charge is 0.508 e. The second-order valence-corrected chi connectivity index (χ2v) is 3.62. The number of carbonyl (C=O) groups is 1. The van der Waals surface area contributed by atoms with Crippen LogP contribution in [0.4, 0.5) is 0 Å². The number of phenolic OH excluding ortho intramolecular Hbond substituents is 1. The molecule has 17 heavy (non-hydrogen) atoms. The molecule has 0 aromatic heterocycles. The van der Waals surface area contributed by atoms with Crippen LogP contribution in [-0.2, 0) is 10.5 Å². The summed E-state index contributed by atoms with van der Waals surface area (Å²) in [7, 11) is 0. The van der Waals surface area contributed by atoms with Gasteiger partial charge in [0, 0.05) is 12.0 Å². The van der Waals surface area contributed by atoms with Crippen molar-refractivity contribution in [1.29, 1.82) is 0 Å². The van der Waals surface area contributed by atoms with Gasteiger partial charge < -0.3 is 20.1 Å². The maximum Gasteiger partial charge on any atom is 0.338 e. The molecule has 5 nitrogen and oxygen atoms in total. The lowest BCUT2D eigenvalue weighted by Crippen LogP contribution is -2.27. The van der Waals surface area contributed by atoms with E-state index < -0.39 is 11.8 Å².